The van der Waals surface area contributed by atoms with Crippen LogP contribution in [0.1, 0.15) is 5.69 Å². The maximum absolute atomic E-state index is 5.63. The van der Waals surface area contributed by atoms with E-state index in [0.29, 0.717) is 5.82 Å². The highest BCUT2D eigenvalue weighted by Crippen LogP contribution is 2.17. The number of anilines is 1. The van der Waals surface area contributed by atoms with Gasteiger partial charge in [0, 0.05) is 17.3 Å². The fourth-order valence-electron chi connectivity index (χ4n) is 1.22. The number of fused-ring (bicyclic) bond motifs is 1. The summed E-state index contributed by atoms with van der Waals surface area (Å²) in [4.78, 5) is 7.11. The van der Waals surface area contributed by atoms with Crippen LogP contribution in [0.3, 0.4) is 0 Å². The van der Waals surface area contributed by atoms with E-state index in [1.54, 1.807) is 6.20 Å². The molecule has 0 bridgehead atoms. The maximum Gasteiger partial charge on any atom is 0.147 e. The van der Waals surface area contributed by atoms with Gasteiger partial charge in [-0.05, 0) is 19.1 Å². The number of nitrogens with two attached hydrogens (primary N) is 1. The van der Waals surface area contributed by atoms with Gasteiger partial charge in [0.05, 0.1) is 5.52 Å². The molecule has 2 heterocycles. The predicted molar refractivity (Wildman–Crippen MR) is 45.2 cm³/mol. The average molecular weight is 147 g/mol. The van der Waals surface area contributed by atoms with Crippen molar-refractivity contribution in [2.75, 3.05) is 5.73 Å². The second kappa shape index (κ2) is 1.99. The molecule has 2 rings (SSSR count). The molecule has 0 unspecified atom stereocenters. The van der Waals surface area contributed by atoms with Crippen molar-refractivity contribution in [2.45, 2.75) is 6.92 Å². The summed E-state index contributed by atoms with van der Waals surface area (Å²) in [6.45, 7) is 2.00. The third kappa shape index (κ3) is 0.852. The van der Waals surface area contributed by atoms with Crippen molar-refractivity contribution in [3.05, 3.63) is 24.0 Å². The van der Waals surface area contributed by atoms with Gasteiger partial charge in [0.15, 0.2) is 0 Å². The third-order valence-corrected chi connectivity index (χ3v) is 1.71. The van der Waals surface area contributed by atoms with Gasteiger partial charge in [-0.15, -0.1) is 0 Å². The maximum atomic E-state index is 5.63. The summed E-state index contributed by atoms with van der Waals surface area (Å²) in [5, 5.41) is 1.12. The number of hydrogen-bond acceptors (Lipinski definition) is 2. The summed E-state index contributed by atoms with van der Waals surface area (Å²) in [5.74, 6) is 0.565. The van der Waals surface area contributed by atoms with E-state index in [1.165, 1.54) is 0 Å². The largest absolute Gasteiger partial charge is 0.382 e. The fourth-order valence-corrected chi connectivity index (χ4v) is 1.22. The van der Waals surface area contributed by atoms with Gasteiger partial charge in [0.25, 0.3) is 0 Å². The predicted octanol–water partition coefficient (Wildman–Crippen LogP) is 1.45. The molecule has 0 radical (unpaired) electrons. The molecule has 56 valence electrons. The molecule has 0 aliphatic heterocycles. The van der Waals surface area contributed by atoms with Crippen LogP contribution in [0, 0.1) is 6.92 Å². The van der Waals surface area contributed by atoms with E-state index in [2.05, 4.69) is 9.97 Å². The highest BCUT2D eigenvalue weighted by atomic mass is 14.9. The lowest BCUT2D eigenvalue weighted by atomic mass is 10.3. The molecule has 3 heteroatoms. The van der Waals surface area contributed by atoms with Crippen LogP contribution in [-0.4, -0.2) is 9.97 Å². The molecule has 0 spiro atoms. The highest BCUT2D eigenvalue weighted by molar-refractivity contribution is 5.88. The van der Waals surface area contributed by atoms with Crippen LogP contribution in [0.25, 0.3) is 10.9 Å². The topological polar surface area (TPSA) is 54.7 Å². The number of hydrogen-bond donors (Lipinski definition) is 2. The Labute approximate surface area is 64.2 Å². The Balaban J connectivity index is 2.90. The van der Waals surface area contributed by atoms with Crippen molar-refractivity contribution >= 4 is 16.7 Å². The molecule has 2 aromatic rings. The Bertz CT molecular complexity index is 389. The number of nitrogens with zero attached hydrogens (tertiary/aromatic N) is 1. The number of rotatable bonds is 0. The Kier molecular flexibility index (Phi) is 1.12. The zero-order valence-corrected chi connectivity index (χ0v) is 6.26. The van der Waals surface area contributed by atoms with Crippen LogP contribution in [-0.2, 0) is 0 Å². The summed E-state index contributed by atoms with van der Waals surface area (Å²) in [6, 6.07) is 3.99. The lowest BCUT2D eigenvalue weighted by Gasteiger charge is -1.91. The van der Waals surface area contributed by atoms with Gasteiger partial charge < -0.3 is 10.7 Å². The monoisotopic (exact) mass is 147 g/mol. The first-order valence-electron chi connectivity index (χ1n) is 3.47. The van der Waals surface area contributed by atoms with Crippen LogP contribution in [0.15, 0.2) is 18.3 Å². The second-order valence-corrected chi connectivity index (χ2v) is 2.61. The fraction of sp³-hybridized carbons (Fsp3) is 0.125. The summed E-state index contributed by atoms with van der Waals surface area (Å²) in [7, 11) is 0. The molecule has 0 aliphatic carbocycles. The first-order valence-corrected chi connectivity index (χ1v) is 3.47. The molecule has 2 aromatic heterocycles. The number of aryl methyl sites for hydroxylation is 1. The molecule has 3 nitrogen and oxygen atoms in total. The molecule has 0 saturated carbocycles. The Morgan fingerprint density at radius 3 is 3.09 bits per heavy atom. The van der Waals surface area contributed by atoms with Crippen molar-refractivity contribution in [2.24, 2.45) is 0 Å². The first kappa shape index (κ1) is 6.22. The molecule has 3 N–H and O–H groups in total. The number of H-pyrrole nitrogens is 1. The summed E-state index contributed by atoms with van der Waals surface area (Å²) >= 11 is 0. The number of nitrogens with one attached hydrogen (secondary N) is 1. The standard InChI is InChI=1S/C8H9N3/c1-5-4-6-2-3-10-8(9)7(6)11-5/h2-4,11H,1H3,(H2,9,10). The van der Waals surface area contributed by atoms with Gasteiger partial charge in [-0.25, -0.2) is 4.98 Å². The number of aromatic amines is 1. The molecule has 0 atom stereocenters. The van der Waals surface area contributed by atoms with E-state index in [0.717, 1.165) is 16.6 Å². The zero-order valence-electron chi connectivity index (χ0n) is 6.26. The van der Waals surface area contributed by atoms with Crippen LogP contribution < -0.4 is 5.73 Å². The van der Waals surface area contributed by atoms with Crippen LogP contribution in [0.4, 0.5) is 5.82 Å². The van der Waals surface area contributed by atoms with E-state index in [1.807, 2.05) is 19.1 Å². The van der Waals surface area contributed by atoms with Crippen molar-refractivity contribution in [3.63, 3.8) is 0 Å². The second-order valence-electron chi connectivity index (χ2n) is 2.61. The lowest BCUT2D eigenvalue weighted by molar-refractivity contribution is 1.28. The molecule has 0 amide bonds. The van der Waals surface area contributed by atoms with E-state index < -0.39 is 0 Å². The molecule has 0 saturated heterocycles. The van der Waals surface area contributed by atoms with Gasteiger partial charge in [-0.2, -0.15) is 0 Å². The average Bonchev–Trinajstić information content (AvgIpc) is 2.31. The van der Waals surface area contributed by atoms with Gasteiger partial charge in [0.2, 0.25) is 0 Å². The summed E-state index contributed by atoms with van der Waals surface area (Å²) < 4.78 is 0. The lowest BCUT2D eigenvalue weighted by Crippen LogP contribution is -1.89. The van der Waals surface area contributed by atoms with Crippen molar-refractivity contribution in [1.82, 2.24) is 9.97 Å². The summed E-state index contributed by atoms with van der Waals surface area (Å²) in [5.41, 5.74) is 7.67. The minimum absolute atomic E-state index is 0.565. The van der Waals surface area contributed by atoms with Crippen LogP contribution >= 0.6 is 0 Å². The minimum atomic E-state index is 0.565. The normalized spacial score (nSPS) is 10.6. The minimum Gasteiger partial charge on any atom is -0.382 e. The molecule has 0 aromatic carbocycles. The van der Waals surface area contributed by atoms with Crippen molar-refractivity contribution < 1.29 is 0 Å². The SMILES string of the molecule is Cc1cc2ccnc(N)c2[nH]1. The van der Waals surface area contributed by atoms with Gasteiger partial charge in [-0.1, -0.05) is 0 Å². The van der Waals surface area contributed by atoms with Crippen molar-refractivity contribution in [1.29, 1.82) is 0 Å². The van der Waals surface area contributed by atoms with Gasteiger partial charge >= 0.3 is 0 Å². The molecule has 0 fully saturated rings. The third-order valence-electron chi connectivity index (χ3n) is 1.71. The molecule has 11 heavy (non-hydrogen) atoms. The molecular weight excluding hydrogens is 138 g/mol. The smallest absolute Gasteiger partial charge is 0.147 e. The van der Waals surface area contributed by atoms with Crippen LogP contribution in [0.5, 0.6) is 0 Å². The van der Waals surface area contributed by atoms with Gasteiger partial charge in [0.1, 0.15) is 5.82 Å². The Morgan fingerprint density at radius 2 is 2.36 bits per heavy atom. The number of pyridine rings is 1. The summed E-state index contributed by atoms with van der Waals surface area (Å²) in [6.07, 6.45) is 1.71. The van der Waals surface area contributed by atoms with E-state index >= 15 is 0 Å². The highest BCUT2D eigenvalue weighted by Gasteiger charge is 1.99. The Morgan fingerprint density at radius 1 is 1.55 bits per heavy atom. The number of aromatic nitrogens is 2. The van der Waals surface area contributed by atoms with Crippen molar-refractivity contribution in [3.8, 4) is 0 Å². The molecule has 0 aliphatic rings. The van der Waals surface area contributed by atoms with E-state index in [9.17, 15) is 0 Å². The van der Waals surface area contributed by atoms with E-state index in [4.69, 9.17) is 5.73 Å². The Hall–Kier alpha value is -1.51. The number of nitrogen functional groups attached to an aromatic ring is 1. The molecular formula is C8H9N3. The quantitative estimate of drug-likeness (QED) is 0.592. The van der Waals surface area contributed by atoms with Crippen LogP contribution in [0.2, 0.25) is 0 Å². The van der Waals surface area contributed by atoms with Gasteiger partial charge in [-0.3, -0.25) is 0 Å². The van der Waals surface area contributed by atoms with E-state index in [-0.39, 0.29) is 0 Å². The first-order chi connectivity index (χ1) is 5.27. The zero-order chi connectivity index (χ0) is 7.84.